The van der Waals surface area contributed by atoms with Gasteiger partial charge in [-0.3, -0.25) is 18.6 Å². The molecule has 0 saturated heterocycles. The van der Waals surface area contributed by atoms with Crippen molar-refractivity contribution in [1.29, 1.82) is 0 Å². The third kappa shape index (κ3) is 43.1. The molecule has 0 aromatic heterocycles. The molecular weight excluding hydrogens is 766 g/mol. The molecule has 3 atom stereocenters. The predicted octanol–water partition coefficient (Wildman–Crippen LogP) is 11.8. The van der Waals surface area contributed by atoms with Crippen LogP contribution in [0.2, 0.25) is 0 Å². The maximum Gasteiger partial charge on any atom is 0.472 e. The van der Waals surface area contributed by atoms with E-state index in [0.717, 1.165) is 38.5 Å². The number of unbranched alkanes of at least 4 members (excludes halogenated alkanes) is 10. The highest BCUT2D eigenvalue weighted by Crippen LogP contribution is 2.43. The first-order valence-electron chi connectivity index (χ1n) is 22.4. The van der Waals surface area contributed by atoms with E-state index in [1.54, 1.807) is 12.2 Å². The average Bonchev–Trinajstić information content (AvgIpc) is 3.18. The van der Waals surface area contributed by atoms with Gasteiger partial charge in [-0.1, -0.05) is 144 Å². The Morgan fingerprint density at radius 3 is 1.73 bits per heavy atom. The number of quaternary nitrogens is 1. The van der Waals surface area contributed by atoms with Crippen LogP contribution < -0.4 is 0 Å². The maximum atomic E-state index is 12.7. The third-order valence-corrected chi connectivity index (χ3v) is 9.99. The van der Waals surface area contributed by atoms with Gasteiger partial charge < -0.3 is 24.0 Å². The number of carbonyl (C=O) groups excluding carboxylic acids is 2. The Hall–Kier alpha value is -2.85. The summed E-state index contributed by atoms with van der Waals surface area (Å²) >= 11 is 0. The third-order valence-electron chi connectivity index (χ3n) is 9.00. The molecule has 0 saturated carbocycles. The van der Waals surface area contributed by atoms with Crippen molar-refractivity contribution in [2.24, 2.45) is 0 Å². The number of phosphoric acid groups is 1. The van der Waals surface area contributed by atoms with Crippen LogP contribution in [0.5, 0.6) is 0 Å². The smallest absolute Gasteiger partial charge is 0.462 e. The number of rotatable bonds is 39. The van der Waals surface area contributed by atoms with Crippen LogP contribution in [0.3, 0.4) is 0 Å². The van der Waals surface area contributed by atoms with E-state index in [2.05, 4.69) is 68.5 Å². The van der Waals surface area contributed by atoms with Gasteiger partial charge in [-0.25, -0.2) is 4.57 Å². The number of esters is 2. The molecule has 0 bridgehead atoms. The molecule has 0 heterocycles. The number of aliphatic hydroxyl groups excluding tert-OH is 1. The zero-order chi connectivity index (χ0) is 43.7. The van der Waals surface area contributed by atoms with Crippen molar-refractivity contribution in [3.8, 4) is 0 Å². The monoisotopic (exact) mass is 849 g/mol. The molecule has 2 N–H and O–H groups in total. The van der Waals surface area contributed by atoms with Crippen molar-refractivity contribution in [3.63, 3.8) is 0 Å². The van der Waals surface area contributed by atoms with E-state index in [1.807, 2.05) is 39.4 Å². The Morgan fingerprint density at radius 1 is 0.610 bits per heavy atom. The van der Waals surface area contributed by atoms with Crippen molar-refractivity contribution < 1.29 is 47.2 Å². The summed E-state index contributed by atoms with van der Waals surface area (Å²) in [5, 5.41) is 10.3. The fourth-order valence-electron chi connectivity index (χ4n) is 5.43. The molecule has 11 heteroatoms. The molecular formula is C48H83NO9P+. The molecule has 0 aliphatic carbocycles. The van der Waals surface area contributed by atoms with Crippen molar-refractivity contribution in [2.45, 2.75) is 161 Å². The minimum Gasteiger partial charge on any atom is -0.462 e. The Balaban J connectivity index is 4.65. The van der Waals surface area contributed by atoms with Crippen LogP contribution in [0, 0.1) is 0 Å². The molecule has 0 aliphatic heterocycles. The SMILES string of the molecule is CCCCC/C=C\C/C=C\C/C=C\C=C\[C@H](O)CCCC(=O)O[C@H](COC(=O)CCC/C=C\C/C=C\C/C=C\CCCCCCCC)COP(=O)(O)OCC[N+](C)(C)C. The number of phosphoric ester groups is 1. The van der Waals surface area contributed by atoms with E-state index >= 15 is 0 Å². The maximum absolute atomic E-state index is 12.7. The number of hydrogen-bond donors (Lipinski definition) is 2. The van der Waals surface area contributed by atoms with Gasteiger partial charge in [-0.15, -0.1) is 0 Å². The van der Waals surface area contributed by atoms with Gasteiger partial charge in [0, 0.05) is 12.8 Å². The summed E-state index contributed by atoms with van der Waals surface area (Å²) in [6.45, 7) is 4.08. The predicted molar refractivity (Wildman–Crippen MR) is 244 cm³/mol. The lowest BCUT2D eigenvalue weighted by atomic mass is 10.1. The molecule has 59 heavy (non-hydrogen) atoms. The number of allylic oxidation sites excluding steroid dienone is 13. The van der Waals surface area contributed by atoms with Crippen LogP contribution in [0.1, 0.15) is 149 Å². The largest absolute Gasteiger partial charge is 0.472 e. The lowest BCUT2D eigenvalue weighted by Gasteiger charge is -2.24. The number of ether oxygens (including phenoxy) is 2. The number of nitrogens with zero attached hydrogens (tertiary/aromatic N) is 1. The lowest BCUT2D eigenvalue weighted by molar-refractivity contribution is -0.870. The average molecular weight is 849 g/mol. The highest BCUT2D eigenvalue weighted by molar-refractivity contribution is 7.47. The van der Waals surface area contributed by atoms with Crippen molar-refractivity contribution in [1.82, 2.24) is 0 Å². The van der Waals surface area contributed by atoms with Gasteiger partial charge in [0.2, 0.25) is 0 Å². The van der Waals surface area contributed by atoms with Crippen LogP contribution in [-0.2, 0) is 32.7 Å². The summed E-state index contributed by atoms with van der Waals surface area (Å²) in [7, 11) is 1.32. The zero-order valence-corrected chi connectivity index (χ0v) is 38.5. The Bertz CT molecular complexity index is 1300. The molecule has 0 aromatic carbocycles. The van der Waals surface area contributed by atoms with Crippen LogP contribution in [0.4, 0.5) is 0 Å². The normalized spacial score (nSPS) is 14.9. The van der Waals surface area contributed by atoms with E-state index in [4.69, 9.17) is 18.5 Å². The van der Waals surface area contributed by atoms with E-state index in [-0.39, 0.29) is 26.1 Å². The number of aliphatic hydroxyl groups is 1. The molecule has 0 spiro atoms. The first-order valence-corrected chi connectivity index (χ1v) is 23.9. The van der Waals surface area contributed by atoms with Gasteiger partial charge in [0.15, 0.2) is 6.10 Å². The van der Waals surface area contributed by atoms with Crippen molar-refractivity contribution in [3.05, 3.63) is 85.1 Å². The van der Waals surface area contributed by atoms with Crippen molar-refractivity contribution >= 4 is 19.8 Å². The summed E-state index contributed by atoms with van der Waals surface area (Å²) in [6, 6.07) is 0. The second-order valence-corrected chi connectivity index (χ2v) is 17.4. The fourth-order valence-corrected chi connectivity index (χ4v) is 6.17. The summed E-state index contributed by atoms with van der Waals surface area (Å²) in [5.74, 6) is -1.07. The molecule has 0 fully saturated rings. The van der Waals surface area contributed by atoms with Crippen LogP contribution in [-0.4, -0.2) is 86.1 Å². The Kier molecular flexibility index (Phi) is 37.4. The molecule has 0 aromatic rings. The van der Waals surface area contributed by atoms with E-state index in [0.29, 0.717) is 36.7 Å². The summed E-state index contributed by atoms with van der Waals surface area (Å²) in [5.41, 5.74) is 0. The molecule has 0 aliphatic rings. The van der Waals surface area contributed by atoms with Crippen LogP contribution in [0.25, 0.3) is 0 Å². The summed E-state index contributed by atoms with van der Waals surface area (Å²) in [4.78, 5) is 35.4. The lowest BCUT2D eigenvalue weighted by Crippen LogP contribution is -2.37. The minimum absolute atomic E-state index is 0.00268. The van der Waals surface area contributed by atoms with Gasteiger partial charge in [0.1, 0.15) is 19.8 Å². The van der Waals surface area contributed by atoms with Crippen LogP contribution in [0.15, 0.2) is 85.1 Å². The molecule has 0 amide bonds. The van der Waals surface area contributed by atoms with E-state index < -0.39 is 38.6 Å². The second-order valence-electron chi connectivity index (χ2n) is 15.9. The van der Waals surface area contributed by atoms with Crippen molar-refractivity contribution in [2.75, 3.05) is 47.5 Å². The zero-order valence-electron chi connectivity index (χ0n) is 37.6. The van der Waals surface area contributed by atoms with E-state index in [1.165, 1.54) is 57.8 Å². The van der Waals surface area contributed by atoms with Gasteiger partial charge in [0.25, 0.3) is 0 Å². The van der Waals surface area contributed by atoms with Gasteiger partial charge in [-0.05, 0) is 77.0 Å². The van der Waals surface area contributed by atoms with Gasteiger partial charge in [0.05, 0.1) is 33.9 Å². The van der Waals surface area contributed by atoms with E-state index in [9.17, 15) is 24.2 Å². The molecule has 338 valence electrons. The molecule has 10 nitrogen and oxygen atoms in total. The fraction of sp³-hybridized carbons (Fsp3) is 0.667. The highest BCUT2D eigenvalue weighted by Gasteiger charge is 2.27. The summed E-state index contributed by atoms with van der Waals surface area (Å²) in [6.07, 6.45) is 46.7. The van der Waals surface area contributed by atoms with Gasteiger partial charge in [-0.2, -0.15) is 0 Å². The minimum atomic E-state index is -4.45. The first-order chi connectivity index (χ1) is 28.4. The first kappa shape index (κ1) is 56.1. The number of likely N-dealkylation sites (N-methyl/N-ethyl adjacent to an activating group) is 1. The number of hydrogen-bond acceptors (Lipinski definition) is 8. The topological polar surface area (TPSA) is 129 Å². The Labute approximate surface area is 359 Å². The molecule has 1 unspecified atom stereocenters. The van der Waals surface area contributed by atoms with Crippen LogP contribution >= 0.6 is 7.82 Å². The Morgan fingerprint density at radius 2 is 1.12 bits per heavy atom. The number of carbonyl (C=O) groups is 2. The second kappa shape index (κ2) is 39.3. The molecule has 0 radical (unpaired) electrons. The molecule has 0 rings (SSSR count). The highest BCUT2D eigenvalue weighted by atomic mass is 31.2. The summed E-state index contributed by atoms with van der Waals surface area (Å²) < 4.78 is 34.1. The standard InChI is InChI=1S/C48H82NO9P/c1-6-8-10-12-14-16-18-20-21-22-23-25-27-29-31-33-35-39-47(51)55-43-46(44-57-59(53,54)56-42-41-49(3,4)5)58-48(52)40-36-38-45(50)37-34-32-30-28-26-24-19-17-15-13-11-9-7-2/h15,17,20-21,23-26,29-32,34,37,45-46,50H,6-14,16,18-19,22,27-28,33,35-36,38-44H2,1-5H3/p+1/b17-15-,21-20-,25-23-,26-24-,31-29-,32-30-,37-34+/t45-,46+/m0/s1. The quantitative estimate of drug-likeness (QED) is 0.0155. The van der Waals surface area contributed by atoms with Gasteiger partial charge >= 0.3 is 19.8 Å².